The second kappa shape index (κ2) is 10.3. The molecule has 0 atom stereocenters. The van der Waals surface area contributed by atoms with Crippen molar-refractivity contribution in [1.82, 2.24) is 14.5 Å². The Hall–Kier alpha value is -3.38. The number of carbonyl (C=O) groups is 2. The zero-order chi connectivity index (χ0) is 27.9. The largest absolute Gasteiger partial charge is 0.487 e. The molecule has 1 N–H and O–H groups in total. The third-order valence-corrected chi connectivity index (χ3v) is 8.29. The van der Waals surface area contributed by atoms with Crippen molar-refractivity contribution in [2.45, 2.75) is 45.9 Å². The number of amides is 2. The van der Waals surface area contributed by atoms with Gasteiger partial charge in [-0.3, -0.25) is 9.69 Å². The van der Waals surface area contributed by atoms with Crippen LogP contribution in [-0.2, 0) is 39.3 Å². The quantitative estimate of drug-likeness (QED) is 0.579. The van der Waals surface area contributed by atoms with E-state index in [0.717, 1.165) is 15.4 Å². The van der Waals surface area contributed by atoms with Crippen LogP contribution in [0.5, 0.6) is 5.75 Å². The number of carbonyl (C=O) groups excluding carboxylic acids is 2. The van der Waals surface area contributed by atoms with E-state index in [2.05, 4.69) is 4.90 Å². The van der Waals surface area contributed by atoms with E-state index >= 15 is 4.39 Å². The van der Waals surface area contributed by atoms with Gasteiger partial charge in [0.1, 0.15) is 30.2 Å². The normalized spacial score (nSPS) is 19.3. The van der Waals surface area contributed by atoms with Gasteiger partial charge in [0.2, 0.25) is 0 Å². The lowest BCUT2D eigenvalue weighted by Gasteiger charge is -2.42. The minimum atomic E-state index is -4.25. The van der Waals surface area contributed by atoms with Gasteiger partial charge in [-0.15, -0.1) is 0 Å². The molecule has 3 aliphatic rings. The Morgan fingerprint density at radius 1 is 1.15 bits per heavy atom. The molecule has 39 heavy (non-hydrogen) atoms. The highest BCUT2D eigenvalue weighted by Gasteiger charge is 2.40. The second-order valence-corrected chi connectivity index (χ2v) is 12.8. The van der Waals surface area contributed by atoms with Crippen LogP contribution < -0.4 is 13.8 Å². The predicted octanol–water partition coefficient (Wildman–Crippen LogP) is 2.81. The fraction of sp³-hybridized carbons (Fsp3) is 0.481. The highest BCUT2D eigenvalue weighted by molar-refractivity contribution is 7.92. The molecule has 2 amide bonds. The number of halogens is 1. The van der Waals surface area contributed by atoms with Gasteiger partial charge in [-0.1, -0.05) is 30.3 Å². The third-order valence-electron chi connectivity index (χ3n) is 6.91. The molecule has 2 aromatic rings. The van der Waals surface area contributed by atoms with Crippen molar-refractivity contribution in [2.24, 2.45) is 5.92 Å². The van der Waals surface area contributed by atoms with Crippen LogP contribution in [0.1, 0.15) is 37.5 Å². The van der Waals surface area contributed by atoms with Crippen LogP contribution in [0.2, 0.25) is 0 Å². The van der Waals surface area contributed by atoms with E-state index in [9.17, 15) is 18.0 Å². The Bertz CT molecular complexity index is 1370. The summed E-state index contributed by atoms with van der Waals surface area (Å²) in [6, 6.07) is 11.0. The van der Waals surface area contributed by atoms with Crippen molar-refractivity contribution < 1.29 is 31.9 Å². The number of nitrogens with one attached hydrogen (secondary N) is 1. The average Bonchev–Trinajstić information content (AvgIpc) is 3.10. The van der Waals surface area contributed by atoms with Gasteiger partial charge in [0.15, 0.2) is 5.82 Å². The van der Waals surface area contributed by atoms with Crippen LogP contribution in [0, 0.1) is 11.7 Å². The first-order valence-electron chi connectivity index (χ1n) is 12.9. The van der Waals surface area contributed by atoms with Crippen LogP contribution in [0.3, 0.4) is 0 Å². The number of likely N-dealkylation sites (tertiary alicyclic amines) is 1. The van der Waals surface area contributed by atoms with Crippen molar-refractivity contribution in [3.8, 4) is 5.75 Å². The lowest BCUT2D eigenvalue weighted by atomic mass is 9.94. The zero-order valence-corrected chi connectivity index (χ0v) is 23.1. The Balaban J connectivity index is 1.34. The summed E-state index contributed by atoms with van der Waals surface area (Å²) in [4.78, 5) is 28.0. The van der Waals surface area contributed by atoms with Gasteiger partial charge < -0.3 is 14.4 Å². The Kier molecular flexibility index (Phi) is 7.19. The predicted molar refractivity (Wildman–Crippen MR) is 142 cm³/mol. The second-order valence-electron chi connectivity index (χ2n) is 11.2. The van der Waals surface area contributed by atoms with Gasteiger partial charge in [-0.2, -0.15) is 8.42 Å². The zero-order valence-electron chi connectivity index (χ0n) is 22.3. The number of hydrogen-bond donors (Lipinski definition) is 1. The van der Waals surface area contributed by atoms with Gasteiger partial charge >= 0.3 is 16.3 Å². The van der Waals surface area contributed by atoms with Gasteiger partial charge in [-0.25, -0.2) is 18.2 Å². The fourth-order valence-electron chi connectivity index (χ4n) is 5.09. The molecule has 2 aromatic carbocycles. The maximum atomic E-state index is 16.2. The Morgan fingerprint density at radius 2 is 1.87 bits per heavy atom. The van der Waals surface area contributed by atoms with Crippen LogP contribution in [0.4, 0.5) is 14.9 Å². The molecule has 210 valence electrons. The molecule has 5 rings (SSSR count). The fourth-order valence-corrected chi connectivity index (χ4v) is 6.25. The van der Waals surface area contributed by atoms with Crippen molar-refractivity contribution in [1.29, 1.82) is 0 Å². The lowest BCUT2D eigenvalue weighted by Crippen LogP contribution is -2.55. The Morgan fingerprint density at radius 3 is 2.51 bits per heavy atom. The van der Waals surface area contributed by atoms with Gasteiger partial charge in [0.25, 0.3) is 5.91 Å². The molecule has 0 radical (unpaired) electrons. The third kappa shape index (κ3) is 5.96. The number of benzene rings is 2. The summed E-state index contributed by atoms with van der Waals surface area (Å²) >= 11 is 0. The number of fused-ring (bicyclic) bond motifs is 1. The van der Waals surface area contributed by atoms with E-state index in [0.29, 0.717) is 38.2 Å². The number of anilines is 1. The first-order valence-corrected chi connectivity index (χ1v) is 14.4. The molecule has 12 heteroatoms. The summed E-state index contributed by atoms with van der Waals surface area (Å²) in [6.45, 7) is 7.85. The lowest BCUT2D eigenvalue weighted by molar-refractivity contribution is -0.117. The highest BCUT2D eigenvalue weighted by atomic mass is 32.2. The monoisotopic (exact) mass is 560 g/mol. The topological polar surface area (TPSA) is 108 Å². The summed E-state index contributed by atoms with van der Waals surface area (Å²) in [6.07, 6.45) is 0.220. The van der Waals surface area contributed by atoms with Gasteiger partial charge in [0.05, 0.1) is 0 Å². The van der Waals surface area contributed by atoms with E-state index < -0.39 is 34.1 Å². The summed E-state index contributed by atoms with van der Waals surface area (Å²) in [5, 5.41) is 0. The maximum Gasteiger partial charge on any atom is 0.410 e. The molecular weight excluding hydrogens is 527 g/mol. The molecule has 0 bridgehead atoms. The molecule has 0 spiro atoms. The standard InChI is InChI=1S/C27H33FN4O6S/c1-27(2,3)38-26(34)31-13-19(14-31)12-30-10-9-20-11-22(37-17-18-7-5-4-6-8-18)25(24(28)21(20)15-30)32-16-23(33)29-39(32,35)36/h4-8,11,19H,9-10,12-17H2,1-3H3,(H,29,33). The minimum absolute atomic E-state index is 0.0793. The first-order chi connectivity index (χ1) is 18.4. The van der Waals surface area contributed by atoms with E-state index in [1.54, 1.807) is 11.0 Å². The highest BCUT2D eigenvalue weighted by Crippen LogP contribution is 2.40. The van der Waals surface area contributed by atoms with E-state index in [1.165, 1.54) is 0 Å². The average molecular weight is 561 g/mol. The maximum absolute atomic E-state index is 16.2. The van der Waals surface area contributed by atoms with Crippen LogP contribution in [0.15, 0.2) is 36.4 Å². The molecule has 3 aliphatic heterocycles. The molecular formula is C27H33FN4O6S. The molecule has 3 heterocycles. The Labute approximate surface area is 227 Å². The van der Waals surface area contributed by atoms with Crippen molar-refractivity contribution in [3.63, 3.8) is 0 Å². The summed E-state index contributed by atoms with van der Waals surface area (Å²) in [5.74, 6) is -1.13. The van der Waals surface area contributed by atoms with E-state index in [-0.39, 0.29) is 36.6 Å². The number of ether oxygens (including phenoxy) is 2. The van der Waals surface area contributed by atoms with Crippen LogP contribution in [0.25, 0.3) is 0 Å². The van der Waals surface area contributed by atoms with Gasteiger partial charge in [-0.05, 0) is 44.4 Å². The molecule has 0 aliphatic carbocycles. The SMILES string of the molecule is CC(C)(C)OC(=O)N1CC(CN2CCc3cc(OCc4ccccc4)c(N4CC(=O)NS4(=O)=O)c(F)c3C2)C1. The number of nitrogens with zero attached hydrogens (tertiary/aromatic N) is 3. The molecule has 10 nitrogen and oxygen atoms in total. The summed E-state index contributed by atoms with van der Waals surface area (Å²) in [7, 11) is -4.25. The van der Waals surface area contributed by atoms with Crippen LogP contribution in [-0.4, -0.2) is 68.5 Å². The first kappa shape index (κ1) is 27.2. The molecule has 0 saturated carbocycles. The summed E-state index contributed by atoms with van der Waals surface area (Å²) < 4.78 is 55.5. The summed E-state index contributed by atoms with van der Waals surface area (Å²) in [5.41, 5.74) is 1.16. The van der Waals surface area contributed by atoms with Crippen LogP contribution >= 0.6 is 0 Å². The molecule has 0 unspecified atom stereocenters. The van der Waals surface area contributed by atoms with Crippen molar-refractivity contribution in [2.75, 3.05) is 37.0 Å². The number of rotatable bonds is 6. The molecule has 0 aromatic heterocycles. The minimum Gasteiger partial charge on any atom is -0.487 e. The smallest absolute Gasteiger partial charge is 0.410 e. The molecule has 2 fully saturated rings. The van der Waals surface area contributed by atoms with E-state index in [4.69, 9.17) is 9.47 Å². The molecule has 2 saturated heterocycles. The van der Waals surface area contributed by atoms with Gasteiger partial charge in [0, 0.05) is 44.2 Å². The van der Waals surface area contributed by atoms with Crippen molar-refractivity contribution in [3.05, 3.63) is 58.9 Å². The van der Waals surface area contributed by atoms with E-state index in [1.807, 2.05) is 55.8 Å². The number of hydrogen-bond acceptors (Lipinski definition) is 7. The van der Waals surface area contributed by atoms with Crippen molar-refractivity contribution >= 4 is 27.9 Å².